The van der Waals surface area contributed by atoms with Crippen molar-refractivity contribution in [2.45, 2.75) is 19.4 Å². The molecule has 0 radical (unpaired) electrons. The summed E-state index contributed by atoms with van der Waals surface area (Å²) < 4.78 is 19.2. The fourth-order valence-corrected chi connectivity index (χ4v) is 2.22. The van der Waals surface area contributed by atoms with Crippen molar-refractivity contribution < 1.29 is 13.9 Å². The Morgan fingerprint density at radius 1 is 1.32 bits per heavy atom. The molecular weight excluding hydrogens is 373 g/mol. The van der Waals surface area contributed by atoms with E-state index < -0.39 is 6.10 Å². The molecule has 6 heteroatoms. The minimum Gasteiger partial charge on any atom is -0.481 e. The van der Waals surface area contributed by atoms with Crippen molar-refractivity contribution in [2.75, 3.05) is 5.32 Å². The molecule has 0 aliphatic rings. The Kier molecular flexibility index (Phi) is 5.80. The van der Waals surface area contributed by atoms with Crippen LogP contribution in [0.1, 0.15) is 13.3 Å². The summed E-state index contributed by atoms with van der Waals surface area (Å²) in [5.74, 6) is -0.197. The van der Waals surface area contributed by atoms with Crippen molar-refractivity contribution in [1.29, 1.82) is 0 Å². The number of rotatable bonds is 5. The highest BCUT2D eigenvalue weighted by atomic mass is 79.9. The summed E-state index contributed by atoms with van der Waals surface area (Å²) >= 11 is 9.28. The van der Waals surface area contributed by atoms with Gasteiger partial charge in [0.05, 0.1) is 5.02 Å². The van der Waals surface area contributed by atoms with Crippen LogP contribution in [0.25, 0.3) is 0 Å². The summed E-state index contributed by atoms with van der Waals surface area (Å²) in [4.78, 5) is 12.2. The first kappa shape index (κ1) is 16.8. The molecule has 0 heterocycles. The van der Waals surface area contributed by atoms with Crippen molar-refractivity contribution in [3.63, 3.8) is 0 Å². The maximum Gasteiger partial charge on any atom is 0.265 e. The van der Waals surface area contributed by atoms with Gasteiger partial charge in [-0.15, -0.1) is 0 Å². The highest BCUT2D eigenvalue weighted by Crippen LogP contribution is 2.25. The van der Waals surface area contributed by atoms with Crippen LogP contribution in [0.5, 0.6) is 5.75 Å². The lowest BCUT2D eigenvalue weighted by Gasteiger charge is -2.17. The predicted molar refractivity (Wildman–Crippen MR) is 88.9 cm³/mol. The van der Waals surface area contributed by atoms with E-state index in [-0.39, 0.29) is 11.7 Å². The normalized spacial score (nSPS) is 11.8. The molecule has 1 amide bonds. The minimum absolute atomic E-state index is 0.287. The van der Waals surface area contributed by atoms with Crippen LogP contribution >= 0.6 is 27.5 Å². The molecule has 3 nitrogen and oxygen atoms in total. The van der Waals surface area contributed by atoms with E-state index in [1.54, 1.807) is 18.2 Å². The van der Waals surface area contributed by atoms with Gasteiger partial charge in [0, 0.05) is 10.2 Å². The molecule has 0 saturated carbocycles. The van der Waals surface area contributed by atoms with E-state index in [0.29, 0.717) is 22.9 Å². The molecule has 1 unspecified atom stereocenters. The quantitative estimate of drug-likeness (QED) is 0.782. The Morgan fingerprint density at radius 3 is 2.59 bits per heavy atom. The second-order valence-corrected chi connectivity index (χ2v) is 5.85. The monoisotopic (exact) mass is 385 g/mol. The predicted octanol–water partition coefficient (Wildman–Crippen LogP) is 5.04. The van der Waals surface area contributed by atoms with Gasteiger partial charge in [-0.25, -0.2) is 4.39 Å². The van der Waals surface area contributed by atoms with Gasteiger partial charge in [0.15, 0.2) is 6.10 Å². The third kappa shape index (κ3) is 4.45. The van der Waals surface area contributed by atoms with Gasteiger partial charge in [0.2, 0.25) is 0 Å². The molecule has 22 heavy (non-hydrogen) atoms. The molecule has 0 bridgehead atoms. The first-order chi connectivity index (χ1) is 10.5. The Bertz CT molecular complexity index is 664. The molecule has 1 atom stereocenters. The molecule has 0 aliphatic carbocycles. The zero-order valence-corrected chi connectivity index (χ0v) is 14.1. The second kappa shape index (κ2) is 7.61. The van der Waals surface area contributed by atoms with Crippen LogP contribution in [0.2, 0.25) is 5.02 Å². The lowest BCUT2D eigenvalue weighted by atomic mass is 10.2. The Balaban J connectivity index is 2.04. The molecule has 2 aromatic carbocycles. The summed E-state index contributed by atoms with van der Waals surface area (Å²) in [6.45, 7) is 1.84. The zero-order chi connectivity index (χ0) is 16.1. The molecule has 116 valence electrons. The van der Waals surface area contributed by atoms with Crippen LogP contribution in [-0.2, 0) is 4.79 Å². The number of carbonyl (C=O) groups is 1. The van der Waals surface area contributed by atoms with Crippen molar-refractivity contribution in [2.24, 2.45) is 0 Å². The molecule has 2 aromatic rings. The average molecular weight is 387 g/mol. The van der Waals surface area contributed by atoms with Crippen molar-refractivity contribution in [1.82, 2.24) is 0 Å². The van der Waals surface area contributed by atoms with Crippen LogP contribution in [0.3, 0.4) is 0 Å². The van der Waals surface area contributed by atoms with Crippen LogP contribution in [0.15, 0.2) is 46.9 Å². The third-order valence-corrected chi connectivity index (χ3v) is 4.17. The van der Waals surface area contributed by atoms with E-state index in [9.17, 15) is 9.18 Å². The zero-order valence-electron chi connectivity index (χ0n) is 11.8. The third-order valence-electron chi connectivity index (χ3n) is 2.94. The summed E-state index contributed by atoms with van der Waals surface area (Å²) in [6, 6.07) is 10.7. The number of benzene rings is 2. The SMILES string of the molecule is CCC(Oc1ccc(F)cc1)C(=O)Nc1ccc(Br)c(Cl)c1. The first-order valence-electron chi connectivity index (χ1n) is 6.67. The number of amides is 1. The smallest absolute Gasteiger partial charge is 0.265 e. The number of hydrogen-bond donors (Lipinski definition) is 1. The molecule has 0 saturated heterocycles. The number of ether oxygens (including phenoxy) is 1. The highest BCUT2D eigenvalue weighted by molar-refractivity contribution is 9.10. The molecule has 0 spiro atoms. The van der Waals surface area contributed by atoms with Crippen LogP contribution in [0, 0.1) is 5.82 Å². The van der Waals surface area contributed by atoms with Crippen LogP contribution < -0.4 is 10.1 Å². The lowest BCUT2D eigenvalue weighted by Crippen LogP contribution is -2.32. The minimum atomic E-state index is -0.673. The van der Waals surface area contributed by atoms with Gasteiger partial charge in [0.1, 0.15) is 11.6 Å². The molecule has 2 rings (SSSR count). The van der Waals surface area contributed by atoms with Gasteiger partial charge >= 0.3 is 0 Å². The largest absolute Gasteiger partial charge is 0.481 e. The second-order valence-electron chi connectivity index (χ2n) is 4.59. The molecule has 0 fully saturated rings. The summed E-state index contributed by atoms with van der Waals surface area (Å²) in [6.07, 6.45) is -0.194. The van der Waals surface area contributed by atoms with Gasteiger partial charge < -0.3 is 10.1 Å². The maximum absolute atomic E-state index is 12.9. The number of nitrogens with one attached hydrogen (secondary N) is 1. The van der Waals surface area contributed by atoms with Crippen molar-refractivity contribution in [3.05, 3.63) is 57.8 Å². The maximum atomic E-state index is 12.9. The number of hydrogen-bond acceptors (Lipinski definition) is 2. The van der Waals surface area contributed by atoms with Crippen LogP contribution in [0.4, 0.5) is 10.1 Å². The van der Waals surface area contributed by atoms with E-state index in [4.69, 9.17) is 16.3 Å². The molecule has 1 N–H and O–H groups in total. The Morgan fingerprint density at radius 2 is 2.00 bits per heavy atom. The standard InChI is InChI=1S/C16H14BrClFNO2/c1-2-15(22-12-6-3-10(19)4-7-12)16(21)20-11-5-8-13(17)14(18)9-11/h3-9,15H,2H2,1H3,(H,20,21). The molecule has 0 aliphatic heterocycles. The van der Waals surface area contributed by atoms with Crippen molar-refractivity contribution in [3.8, 4) is 5.75 Å². The molecular formula is C16H14BrClFNO2. The average Bonchev–Trinajstić information content (AvgIpc) is 2.50. The van der Waals surface area contributed by atoms with E-state index in [1.165, 1.54) is 24.3 Å². The number of anilines is 1. The summed E-state index contributed by atoms with van der Waals surface area (Å²) in [7, 11) is 0. The lowest BCUT2D eigenvalue weighted by molar-refractivity contribution is -0.122. The Labute approximate surface area is 141 Å². The molecule has 0 aromatic heterocycles. The highest BCUT2D eigenvalue weighted by Gasteiger charge is 2.18. The summed E-state index contributed by atoms with van der Waals surface area (Å²) in [5, 5.41) is 3.25. The van der Waals surface area contributed by atoms with Gasteiger partial charge in [-0.1, -0.05) is 18.5 Å². The fourth-order valence-electron chi connectivity index (χ4n) is 1.80. The number of halogens is 3. The number of carbonyl (C=O) groups excluding carboxylic acids is 1. The Hall–Kier alpha value is -1.59. The first-order valence-corrected chi connectivity index (χ1v) is 7.85. The van der Waals surface area contributed by atoms with Gasteiger partial charge in [-0.3, -0.25) is 4.79 Å². The van der Waals surface area contributed by atoms with Gasteiger partial charge in [0.25, 0.3) is 5.91 Å². The van der Waals surface area contributed by atoms with Crippen LogP contribution in [-0.4, -0.2) is 12.0 Å². The van der Waals surface area contributed by atoms with E-state index >= 15 is 0 Å². The van der Waals surface area contributed by atoms with E-state index in [2.05, 4.69) is 21.2 Å². The summed E-state index contributed by atoms with van der Waals surface area (Å²) in [5.41, 5.74) is 0.583. The fraction of sp³-hybridized carbons (Fsp3) is 0.188. The van der Waals surface area contributed by atoms with Gasteiger partial charge in [-0.05, 0) is 64.8 Å². The van der Waals surface area contributed by atoms with Crippen molar-refractivity contribution >= 4 is 39.1 Å². The van der Waals surface area contributed by atoms with E-state index in [0.717, 1.165) is 4.47 Å². The van der Waals surface area contributed by atoms with Gasteiger partial charge in [-0.2, -0.15) is 0 Å². The van der Waals surface area contributed by atoms with E-state index in [1.807, 2.05) is 6.92 Å². The topological polar surface area (TPSA) is 38.3 Å².